The van der Waals surface area contributed by atoms with E-state index in [1.807, 2.05) is 0 Å². The van der Waals surface area contributed by atoms with Crippen LogP contribution in [0.25, 0.3) is 11.1 Å². The molecule has 0 saturated heterocycles. The minimum Gasteiger partial charge on any atom is -0.441 e. The van der Waals surface area contributed by atoms with Gasteiger partial charge >= 0.3 is 0 Å². The number of oxazole rings is 1. The van der Waals surface area contributed by atoms with Crippen molar-refractivity contribution in [1.82, 2.24) is 4.98 Å². The highest BCUT2D eigenvalue weighted by Gasteiger charge is 2.05. The SMILES string of the molecule is Fc1ccc2nc(CCCCCCl)oc2c1. The molecule has 2 rings (SSSR count). The number of benzene rings is 1. The molecule has 0 spiro atoms. The van der Waals surface area contributed by atoms with Crippen molar-refractivity contribution in [1.29, 1.82) is 0 Å². The van der Waals surface area contributed by atoms with Gasteiger partial charge in [-0.1, -0.05) is 6.42 Å². The highest BCUT2D eigenvalue weighted by molar-refractivity contribution is 6.17. The maximum absolute atomic E-state index is 12.9. The molecular weight excluding hydrogens is 229 g/mol. The van der Waals surface area contributed by atoms with E-state index in [1.54, 1.807) is 6.07 Å². The van der Waals surface area contributed by atoms with Crippen LogP contribution < -0.4 is 0 Å². The number of unbranched alkanes of at least 4 members (excludes halogenated alkanes) is 2. The molecule has 1 heterocycles. The first-order valence-corrected chi connectivity index (χ1v) is 5.94. The van der Waals surface area contributed by atoms with E-state index in [0.717, 1.165) is 25.7 Å². The fourth-order valence-corrected chi connectivity index (χ4v) is 1.79. The van der Waals surface area contributed by atoms with Crippen LogP contribution in [0.1, 0.15) is 25.2 Å². The zero-order chi connectivity index (χ0) is 11.4. The quantitative estimate of drug-likeness (QED) is 0.586. The average Bonchev–Trinajstić information content (AvgIpc) is 2.66. The molecule has 0 N–H and O–H groups in total. The second-order valence-electron chi connectivity index (χ2n) is 3.72. The standard InChI is InChI=1S/C12H13ClFNO/c13-7-3-1-2-4-12-15-10-6-5-9(14)8-11(10)16-12/h5-6,8H,1-4,7H2. The van der Waals surface area contributed by atoms with Crippen LogP contribution >= 0.6 is 11.6 Å². The van der Waals surface area contributed by atoms with Crippen molar-refractivity contribution in [2.45, 2.75) is 25.7 Å². The Labute approximate surface area is 98.4 Å². The lowest BCUT2D eigenvalue weighted by Gasteiger charge is -1.94. The Morgan fingerprint density at radius 3 is 2.94 bits per heavy atom. The van der Waals surface area contributed by atoms with Gasteiger partial charge in [-0.15, -0.1) is 11.6 Å². The van der Waals surface area contributed by atoms with Crippen LogP contribution in [0.5, 0.6) is 0 Å². The third-order valence-corrected chi connectivity index (χ3v) is 2.69. The van der Waals surface area contributed by atoms with Crippen molar-refractivity contribution < 1.29 is 8.81 Å². The molecule has 0 atom stereocenters. The first-order valence-electron chi connectivity index (χ1n) is 5.40. The van der Waals surface area contributed by atoms with Crippen molar-refractivity contribution in [3.05, 3.63) is 29.9 Å². The molecule has 86 valence electrons. The molecule has 1 aromatic carbocycles. The van der Waals surface area contributed by atoms with E-state index in [2.05, 4.69) is 4.98 Å². The Bertz CT molecular complexity index is 469. The fourth-order valence-electron chi connectivity index (χ4n) is 1.60. The monoisotopic (exact) mass is 241 g/mol. The maximum Gasteiger partial charge on any atom is 0.195 e. The number of aryl methyl sites for hydroxylation is 1. The molecule has 0 unspecified atom stereocenters. The third-order valence-electron chi connectivity index (χ3n) is 2.42. The van der Waals surface area contributed by atoms with Crippen LogP contribution in [0, 0.1) is 5.82 Å². The summed E-state index contributed by atoms with van der Waals surface area (Å²) < 4.78 is 18.3. The Morgan fingerprint density at radius 1 is 1.25 bits per heavy atom. The smallest absolute Gasteiger partial charge is 0.195 e. The maximum atomic E-state index is 12.9. The predicted octanol–water partition coefficient (Wildman–Crippen LogP) is 3.92. The predicted molar refractivity (Wildman–Crippen MR) is 62.2 cm³/mol. The Balaban J connectivity index is 2.02. The summed E-state index contributed by atoms with van der Waals surface area (Å²) in [6.45, 7) is 0. The summed E-state index contributed by atoms with van der Waals surface area (Å²) in [5.74, 6) is 1.08. The molecule has 0 bridgehead atoms. The highest BCUT2D eigenvalue weighted by Crippen LogP contribution is 2.18. The molecule has 16 heavy (non-hydrogen) atoms. The van der Waals surface area contributed by atoms with Crippen molar-refractivity contribution >= 4 is 22.7 Å². The van der Waals surface area contributed by atoms with Crippen LogP contribution in [0.4, 0.5) is 4.39 Å². The number of nitrogens with zero attached hydrogens (tertiary/aromatic N) is 1. The molecular formula is C12H13ClFNO. The lowest BCUT2D eigenvalue weighted by Crippen LogP contribution is -1.85. The minimum absolute atomic E-state index is 0.294. The number of fused-ring (bicyclic) bond motifs is 1. The summed E-state index contributed by atoms with van der Waals surface area (Å²) in [4.78, 5) is 4.29. The summed E-state index contributed by atoms with van der Waals surface area (Å²) in [6, 6.07) is 4.39. The van der Waals surface area contributed by atoms with Gasteiger partial charge in [-0.25, -0.2) is 9.37 Å². The van der Waals surface area contributed by atoms with Gasteiger partial charge in [-0.05, 0) is 25.0 Å². The van der Waals surface area contributed by atoms with Gasteiger partial charge in [0.25, 0.3) is 0 Å². The van der Waals surface area contributed by atoms with Crippen molar-refractivity contribution in [2.75, 3.05) is 5.88 Å². The number of rotatable bonds is 5. The first-order chi connectivity index (χ1) is 7.79. The highest BCUT2D eigenvalue weighted by atomic mass is 35.5. The summed E-state index contributed by atoms with van der Waals surface area (Å²) in [5.41, 5.74) is 1.24. The molecule has 0 fully saturated rings. The number of aromatic nitrogens is 1. The molecule has 1 aromatic heterocycles. The average molecular weight is 242 g/mol. The van der Waals surface area contributed by atoms with E-state index in [9.17, 15) is 4.39 Å². The van der Waals surface area contributed by atoms with E-state index in [-0.39, 0.29) is 5.82 Å². The zero-order valence-corrected chi connectivity index (χ0v) is 9.63. The van der Waals surface area contributed by atoms with Crippen LogP contribution in [0.3, 0.4) is 0 Å². The summed E-state index contributed by atoms with van der Waals surface area (Å²) in [5, 5.41) is 0. The first kappa shape index (κ1) is 11.4. The van der Waals surface area contributed by atoms with Gasteiger partial charge < -0.3 is 4.42 Å². The van der Waals surface area contributed by atoms with Crippen LogP contribution in [0.15, 0.2) is 22.6 Å². The lowest BCUT2D eigenvalue weighted by molar-refractivity contribution is 0.511. The van der Waals surface area contributed by atoms with E-state index in [4.69, 9.17) is 16.0 Å². The molecule has 0 aliphatic carbocycles. The molecule has 0 radical (unpaired) electrons. The second kappa shape index (κ2) is 5.30. The van der Waals surface area contributed by atoms with Crippen LogP contribution in [-0.4, -0.2) is 10.9 Å². The van der Waals surface area contributed by atoms with E-state index < -0.39 is 0 Å². The Kier molecular flexibility index (Phi) is 3.78. The van der Waals surface area contributed by atoms with Gasteiger partial charge in [-0.2, -0.15) is 0 Å². The number of hydrogen-bond acceptors (Lipinski definition) is 2. The summed E-state index contributed by atoms with van der Waals surface area (Å²) in [7, 11) is 0. The van der Waals surface area contributed by atoms with E-state index in [0.29, 0.717) is 22.9 Å². The van der Waals surface area contributed by atoms with Gasteiger partial charge in [0.2, 0.25) is 0 Å². The number of alkyl halides is 1. The van der Waals surface area contributed by atoms with E-state index >= 15 is 0 Å². The number of hydrogen-bond donors (Lipinski definition) is 0. The molecule has 2 nitrogen and oxygen atoms in total. The topological polar surface area (TPSA) is 26.0 Å². The van der Waals surface area contributed by atoms with Crippen molar-refractivity contribution in [3.63, 3.8) is 0 Å². The fraction of sp³-hybridized carbons (Fsp3) is 0.417. The third kappa shape index (κ3) is 2.73. The molecule has 0 aliphatic rings. The van der Waals surface area contributed by atoms with Gasteiger partial charge in [-0.3, -0.25) is 0 Å². The summed E-state index contributed by atoms with van der Waals surface area (Å²) >= 11 is 5.58. The van der Waals surface area contributed by atoms with Gasteiger partial charge in [0, 0.05) is 18.4 Å². The largest absolute Gasteiger partial charge is 0.441 e. The zero-order valence-electron chi connectivity index (χ0n) is 8.88. The minimum atomic E-state index is -0.294. The lowest BCUT2D eigenvalue weighted by atomic mass is 10.2. The van der Waals surface area contributed by atoms with Crippen molar-refractivity contribution in [2.24, 2.45) is 0 Å². The molecule has 0 saturated carbocycles. The van der Waals surface area contributed by atoms with Crippen LogP contribution in [0.2, 0.25) is 0 Å². The number of halogens is 2. The second-order valence-corrected chi connectivity index (χ2v) is 4.10. The van der Waals surface area contributed by atoms with Gasteiger partial charge in [0.1, 0.15) is 11.3 Å². The molecule has 0 amide bonds. The molecule has 0 aliphatic heterocycles. The molecule has 2 aromatic rings. The normalized spacial score (nSPS) is 11.1. The van der Waals surface area contributed by atoms with Crippen molar-refractivity contribution in [3.8, 4) is 0 Å². The Morgan fingerprint density at radius 2 is 2.12 bits per heavy atom. The van der Waals surface area contributed by atoms with Crippen LogP contribution in [-0.2, 0) is 6.42 Å². The van der Waals surface area contributed by atoms with Gasteiger partial charge in [0.15, 0.2) is 11.5 Å². The van der Waals surface area contributed by atoms with E-state index in [1.165, 1.54) is 12.1 Å². The molecule has 4 heteroatoms. The Hall–Kier alpha value is -1.09. The van der Waals surface area contributed by atoms with Gasteiger partial charge in [0.05, 0.1) is 0 Å². The summed E-state index contributed by atoms with van der Waals surface area (Å²) in [6.07, 6.45) is 3.86.